The van der Waals surface area contributed by atoms with Crippen molar-refractivity contribution in [2.45, 2.75) is 19.5 Å². The molecule has 5 nitrogen and oxygen atoms in total. The third-order valence-corrected chi connectivity index (χ3v) is 4.66. The number of carbonyl (C=O) groups excluding carboxylic acids is 1. The van der Waals surface area contributed by atoms with Crippen molar-refractivity contribution in [3.63, 3.8) is 0 Å². The molecule has 1 amide bonds. The van der Waals surface area contributed by atoms with Crippen LogP contribution in [0.1, 0.15) is 22.8 Å². The van der Waals surface area contributed by atoms with E-state index in [0.29, 0.717) is 23.7 Å². The first kappa shape index (κ1) is 19.5. The zero-order valence-corrected chi connectivity index (χ0v) is 15.5. The molecule has 1 aliphatic heterocycles. The second-order valence-electron chi connectivity index (χ2n) is 6.03. The molecule has 2 heterocycles. The highest BCUT2D eigenvalue weighted by molar-refractivity contribution is 6.31. The van der Waals surface area contributed by atoms with Crippen LogP contribution in [-0.2, 0) is 6.54 Å². The Labute approximate surface area is 158 Å². The van der Waals surface area contributed by atoms with Crippen LogP contribution < -0.4 is 10.9 Å². The maximum atomic E-state index is 12.7. The summed E-state index contributed by atoms with van der Waals surface area (Å²) in [6.07, 6.45) is 1.63. The average molecular weight is 382 g/mol. The van der Waals surface area contributed by atoms with Crippen molar-refractivity contribution in [1.29, 1.82) is 0 Å². The van der Waals surface area contributed by atoms with Crippen molar-refractivity contribution in [2.75, 3.05) is 19.6 Å². The molecule has 0 spiro atoms. The molecule has 1 saturated heterocycles. The Bertz CT molecular complexity index is 807. The van der Waals surface area contributed by atoms with Crippen molar-refractivity contribution in [3.05, 3.63) is 69.1 Å². The van der Waals surface area contributed by atoms with Crippen molar-refractivity contribution in [2.24, 2.45) is 0 Å². The number of amides is 1. The van der Waals surface area contributed by atoms with Crippen molar-refractivity contribution in [1.82, 2.24) is 14.8 Å². The number of hydrogen-bond donors (Lipinski definition) is 1. The minimum absolute atomic E-state index is 0. The van der Waals surface area contributed by atoms with Crippen LogP contribution in [0.25, 0.3) is 0 Å². The highest BCUT2D eigenvalue weighted by atomic mass is 35.5. The molecular formula is C18H21Cl2N3O2. The third-order valence-electron chi connectivity index (χ3n) is 4.29. The number of benzene rings is 1. The van der Waals surface area contributed by atoms with Gasteiger partial charge in [0.25, 0.3) is 11.5 Å². The van der Waals surface area contributed by atoms with Crippen LogP contribution in [-0.4, -0.2) is 41.1 Å². The van der Waals surface area contributed by atoms with Gasteiger partial charge in [0, 0.05) is 43.0 Å². The molecule has 0 aliphatic carbocycles. The van der Waals surface area contributed by atoms with Gasteiger partial charge in [-0.1, -0.05) is 29.8 Å². The van der Waals surface area contributed by atoms with Gasteiger partial charge in [0.15, 0.2) is 0 Å². The monoisotopic (exact) mass is 381 g/mol. The fourth-order valence-corrected chi connectivity index (χ4v) is 3.10. The highest BCUT2D eigenvalue weighted by Gasteiger charge is 2.24. The first-order valence-corrected chi connectivity index (χ1v) is 8.39. The van der Waals surface area contributed by atoms with E-state index in [1.54, 1.807) is 18.3 Å². The molecule has 0 unspecified atom stereocenters. The van der Waals surface area contributed by atoms with E-state index in [1.807, 2.05) is 30.0 Å². The fraction of sp³-hybridized carbons (Fsp3) is 0.333. The molecule has 3 rings (SSSR count). The number of carbonyl (C=O) groups is 1. The van der Waals surface area contributed by atoms with Gasteiger partial charge in [-0.2, -0.15) is 0 Å². The summed E-state index contributed by atoms with van der Waals surface area (Å²) in [6.45, 7) is 4.60. The topological polar surface area (TPSA) is 54.3 Å². The number of pyridine rings is 1. The largest absolute Gasteiger partial charge is 0.333 e. The Morgan fingerprint density at radius 3 is 2.76 bits per heavy atom. The van der Waals surface area contributed by atoms with Crippen LogP contribution in [0.5, 0.6) is 0 Å². The van der Waals surface area contributed by atoms with Gasteiger partial charge in [0.05, 0.1) is 12.1 Å². The number of nitrogens with zero attached hydrogens (tertiary/aromatic N) is 2. The summed E-state index contributed by atoms with van der Waals surface area (Å²) in [7, 11) is 0. The predicted molar refractivity (Wildman–Crippen MR) is 102 cm³/mol. The predicted octanol–water partition coefficient (Wildman–Crippen LogP) is 2.41. The van der Waals surface area contributed by atoms with Crippen molar-refractivity contribution >= 4 is 29.9 Å². The van der Waals surface area contributed by atoms with E-state index >= 15 is 0 Å². The van der Waals surface area contributed by atoms with Gasteiger partial charge in [-0.15, -0.1) is 12.4 Å². The summed E-state index contributed by atoms with van der Waals surface area (Å²) in [5.41, 5.74) is 1.22. The molecule has 25 heavy (non-hydrogen) atoms. The molecule has 1 aromatic carbocycles. The lowest BCUT2D eigenvalue weighted by molar-refractivity contribution is 0.0655. The molecule has 2 aromatic rings. The van der Waals surface area contributed by atoms with Crippen LogP contribution in [0.15, 0.2) is 47.4 Å². The molecule has 1 aliphatic rings. The first-order valence-electron chi connectivity index (χ1n) is 8.02. The highest BCUT2D eigenvalue weighted by Crippen LogP contribution is 2.16. The molecule has 0 bridgehead atoms. The van der Waals surface area contributed by atoms with E-state index < -0.39 is 0 Å². The standard InChI is InChI=1S/C18H20ClN3O2.ClH/c1-13-10-20-8-9-22(13)18(24)15-6-7-17(23)21(12-15)11-14-4-2-3-5-16(14)19;/h2-7,12-13,20H,8-11H2,1H3;1H/t13-;/m1./s1. The normalized spacial score (nSPS) is 17.0. The molecule has 1 aromatic heterocycles. The van der Waals surface area contributed by atoms with Gasteiger partial charge in [-0.25, -0.2) is 0 Å². The lowest BCUT2D eigenvalue weighted by Gasteiger charge is -2.34. The van der Waals surface area contributed by atoms with Crippen LogP contribution in [0, 0.1) is 0 Å². The summed E-state index contributed by atoms with van der Waals surface area (Å²) in [5.74, 6) is -0.0445. The summed E-state index contributed by atoms with van der Waals surface area (Å²) in [6, 6.07) is 10.6. The zero-order chi connectivity index (χ0) is 17.1. The van der Waals surface area contributed by atoms with Gasteiger partial charge in [-0.3, -0.25) is 9.59 Å². The molecule has 1 fully saturated rings. The molecule has 134 valence electrons. The third kappa shape index (κ3) is 4.42. The maximum Gasteiger partial charge on any atom is 0.255 e. The fourth-order valence-electron chi connectivity index (χ4n) is 2.90. The molecule has 1 atom stereocenters. The average Bonchev–Trinajstić information content (AvgIpc) is 2.58. The van der Waals surface area contributed by atoms with Gasteiger partial charge in [0.2, 0.25) is 0 Å². The van der Waals surface area contributed by atoms with Gasteiger partial charge < -0.3 is 14.8 Å². The Morgan fingerprint density at radius 1 is 1.28 bits per heavy atom. The quantitative estimate of drug-likeness (QED) is 0.887. The zero-order valence-electron chi connectivity index (χ0n) is 13.9. The van der Waals surface area contributed by atoms with Gasteiger partial charge >= 0.3 is 0 Å². The van der Waals surface area contributed by atoms with Crippen LogP contribution in [0.3, 0.4) is 0 Å². The second-order valence-corrected chi connectivity index (χ2v) is 6.43. The molecule has 0 saturated carbocycles. The molecule has 0 radical (unpaired) electrons. The summed E-state index contributed by atoms with van der Waals surface area (Å²) in [4.78, 5) is 26.7. The Morgan fingerprint density at radius 2 is 2.04 bits per heavy atom. The number of hydrogen-bond acceptors (Lipinski definition) is 3. The number of aromatic nitrogens is 1. The first-order chi connectivity index (χ1) is 11.6. The van der Waals surface area contributed by atoms with E-state index in [0.717, 1.165) is 18.7 Å². The molecule has 7 heteroatoms. The van der Waals surface area contributed by atoms with E-state index in [-0.39, 0.29) is 29.9 Å². The van der Waals surface area contributed by atoms with Crippen LogP contribution >= 0.6 is 24.0 Å². The van der Waals surface area contributed by atoms with E-state index in [4.69, 9.17) is 11.6 Å². The molecular weight excluding hydrogens is 361 g/mol. The van der Waals surface area contributed by atoms with Gasteiger partial charge in [-0.05, 0) is 24.6 Å². The van der Waals surface area contributed by atoms with Crippen molar-refractivity contribution < 1.29 is 4.79 Å². The Balaban J connectivity index is 0.00000225. The minimum atomic E-state index is -0.153. The van der Waals surface area contributed by atoms with Gasteiger partial charge in [0.1, 0.15) is 0 Å². The second kappa shape index (κ2) is 8.52. The van der Waals surface area contributed by atoms with E-state index in [1.165, 1.54) is 10.6 Å². The smallest absolute Gasteiger partial charge is 0.255 e. The number of rotatable bonds is 3. The maximum absolute atomic E-state index is 12.7. The minimum Gasteiger partial charge on any atom is -0.333 e. The summed E-state index contributed by atoms with van der Waals surface area (Å²) in [5, 5.41) is 3.87. The lowest BCUT2D eigenvalue weighted by atomic mass is 10.1. The SMILES string of the molecule is C[C@@H]1CNCCN1C(=O)c1ccc(=O)n(Cc2ccccc2Cl)c1.Cl. The Hall–Kier alpha value is -1.82. The lowest BCUT2D eigenvalue weighted by Crippen LogP contribution is -2.52. The van der Waals surface area contributed by atoms with Crippen LogP contribution in [0.4, 0.5) is 0 Å². The number of nitrogens with one attached hydrogen (secondary N) is 1. The molecule has 1 N–H and O–H groups in total. The van der Waals surface area contributed by atoms with E-state index in [2.05, 4.69) is 5.32 Å². The summed E-state index contributed by atoms with van der Waals surface area (Å²) >= 11 is 6.17. The number of halogens is 2. The van der Waals surface area contributed by atoms with Crippen molar-refractivity contribution in [3.8, 4) is 0 Å². The number of piperazine rings is 1. The summed E-state index contributed by atoms with van der Waals surface area (Å²) < 4.78 is 1.53. The Kier molecular flexibility index (Phi) is 6.64. The van der Waals surface area contributed by atoms with E-state index in [9.17, 15) is 9.59 Å². The van der Waals surface area contributed by atoms with Crippen LogP contribution in [0.2, 0.25) is 5.02 Å².